The number of rotatable bonds is 4. The summed E-state index contributed by atoms with van der Waals surface area (Å²) in [7, 11) is 0. The van der Waals surface area contributed by atoms with Crippen molar-refractivity contribution in [1.29, 1.82) is 0 Å². The molecule has 3 aliphatic heterocycles. The number of anilines is 1. The quantitative estimate of drug-likeness (QED) is 0.403. The molecular weight excluding hydrogens is 444 g/mol. The number of amides is 1. The first-order valence-electron chi connectivity index (χ1n) is 10.7. The summed E-state index contributed by atoms with van der Waals surface area (Å²) >= 11 is 1.19. The van der Waals surface area contributed by atoms with Gasteiger partial charge < -0.3 is 19.7 Å². The molecule has 0 radical (unpaired) electrons. The number of benzene rings is 2. The molecule has 3 heterocycles. The van der Waals surface area contributed by atoms with Crippen molar-refractivity contribution in [3.8, 4) is 11.5 Å². The summed E-state index contributed by atoms with van der Waals surface area (Å²) in [6, 6.07) is 10.4. The topological polar surface area (TPSA) is 106 Å². The molecule has 2 fully saturated rings. The summed E-state index contributed by atoms with van der Waals surface area (Å²) in [5.41, 5.74) is 1.90. The summed E-state index contributed by atoms with van der Waals surface area (Å²) in [5, 5.41) is 14.9. The normalized spacial score (nSPS) is 20.5. The van der Waals surface area contributed by atoms with E-state index < -0.39 is 0 Å². The van der Waals surface area contributed by atoms with E-state index in [9.17, 15) is 14.9 Å². The molecule has 0 saturated carbocycles. The average molecular weight is 467 g/mol. The number of nitrogens with zero attached hydrogens (tertiary/aromatic N) is 3. The van der Waals surface area contributed by atoms with E-state index in [4.69, 9.17) is 9.47 Å². The molecule has 0 bridgehead atoms. The van der Waals surface area contributed by atoms with Gasteiger partial charge in [-0.3, -0.25) is 14.9 Å². The van der Waals surface area contributed by atoms with E-state index in [0.29, 0.717) is 44.4 Å². The van der Waals surface area contributed by atoms with Crippen molar-refractivity contribution in [2.75, 3.05) is 24.8 Å². The van der Waals surface area contributed by atoms with Gasteiger partial charge in [-0.05, 0) is 60.4 Å². The minimum atomic E-state index is -0.357. The molecule has 1 amide bonds. The van der Waals surface area contributed by atoms with E-state index >= 15 is 0 Å². The number of hydrogen-bond donors (Lipinski definition) is 1. The van der Waals surface area contributed by atoms with Crippen LogP contribution in [-0.2, 0) is 4.79 Å². The Bertz CT molecular complexity index is 1190. The molecule has 0 aromatic heterocycles. The number of carbonyl (C=O) groups excluding carboxylic acids is 1. The van der Waals surface area contributed by atoms with Gasteiger partial charge in [0.1, 0.15) is 5.69 Å². The lowest BCUT2D eigenvalue weighted by molar-refractivity contribution is -0.384. The predicted molar refractivity (Wildman–Crippen MR) is 127 cm³/mol. The van der Waals surface area contributed by atoms with Gasteiger partial charge in [0.15, 0.2) is 16.7 Å². The maximum atomic E-state index is 12.5. The van der Waals surface area contributed by atoms with Crippen LogP contribution >= 0.6 is 11.8 Å². The van der Waals surface area contributed by atoms with Gasteiger partial charge in [-0.15, -0.1) is 0 Å². The minimum Gasteiger partial charge on any atom is -0.454 e. The Morgan fingerprint density at radius 3 is 2.76 bits per heavy atom. The number of nitro groups is 1. The van der Waals surface area contributed by atoms with Crippen molar-refractivity contribution >= 4 is 46.0 Å². The number of ether oxygens (including phenoxy) is 2. The van der Waals surface area contributed by atoms with Crippen LogP contribution in [0.1, 0.15) is 25.3 Å². The lowest BCUT2D eigenvalue weighted by atomic mass is 9.98. The number of thioether (sulfide) groups is 1. The largest absolute Gasteiger partial charge is 0.454 e. The van der Waals surface area contributed by atoms with E-state index in [2.05, 4.69) is 22.1 Å². The highest BCUT2D eigenvalue weighted by atomic mass is 32.2. The van der Waals surface area contributed by atoms with Gasteiger partial charge in [-0.25, -0.2) is 4.99 Å². The summed E-state index contributed by atoms with van der Waals surface area (Å²) in [6.07, 6.45) is 3.69. The molecule has 10 heteroatoms. The Balaban J connectivity index is 1.37. The fourth-order valence-corrected chi connectivity index (χ4v) is 4.84. The molecule has 5 rings (SSSR count). The van der Waals surface area contributed by atoms with Crippen LogP contribution in [0.4, 0.5) is 17.1 Å². The second-order valence-electron chi connectivity index (χ2n) is 8.19. The number of hydrogen-bond acceptors (Lipinski definition) is 8. The van der Waals surface area contributed by atoms with Gasteiger partial charge in [-0.2, -0.15) is 0 Å². The molecule has 2 saturated heterocycles. The lowest BCUT2D eigenvalue weighted by Gasteiger charge is -2.31. The van der Waals surface area contributed by atoms with Gasteiger partial charge in [-0.1, -0.05) is 13.0 Å². The zero-order valence-electron chi connectivity index (χ0n) is 17.9. The zero-order chi connectivity index (χ0) is 22.9. The first kappa shape index (κ1) is 21.3. The van der Waals surface area contributed by atoms with E-state index in [-0.39, 0.29) is 23.3 Å². The zero-order valence-corrected chi connectivity index (χ0v) is 18.8. The summed E-state index contributed by atoms with van der Waals surface area (Å²) in [4.78, 5) is 30.8. The molecule has 9 nitrogen and oxygen atoms in total. The van der Waals surface area contributed by atoms with Crippen molar-refractivity contribution in [3.05, 3.63) is 57.0 Å². The van der Waals surface area contributed by atoms with Gasteiger partial charge in [0.2, 0.25) is 6.79 Å². The Labute approximate surface area is 194 Å². The highest BCUT2D eigenvalue weighted by Crippen LogP contribution is 2.37. The van der Waals surface area contributed by atoms with Crippen molar-refractivity contribution in [1.82, 2.24) is 5.32 Å². The molecule has 0 unspecified atom stereocenters. The van der Waals surface area contributed by atoms with Gasteiger partial charge in [0.05, 0.1) is 15.5 Å². The highest BCUT2D eigenvalue weighted by molar-refractivity contribution is 8.18. The van der Waals surface area contributed by atoms with Crippen LogP contribution in [0.5, 0.6) is 11.5 Å². The van der Waals surface area contributed by atoms with Crippen molar-refractivity contribution in [2.45, 2.75) is 19.8 Å². The van der Waals surface area contributed by atoms with Crippen molar-refractivity contribution in [3.63, 3.8) is 0 Å². The molecule has 0 aliphatic carbocycles. The van der Waals surface area contributed by atoms with Gasteiger partial charge >= 0.3 is 0 Å². The number of carbonyl (C=O) groups is 1. The maximum absolute atomic E-state index is 12.5. The molecule has 170 valence electrons. The third-order valence-electron chi connectivity index (χ3n) is 5.86. The molecule has 2 aromatic rings. The standard InChI is InChI=1S/C23H22N4O5S/c1-14-6-8-26(9-7-14)17-4-2-15(10-18(17)27(29)30)11-21-22(28)25-23(33-21)24-16-3-5-19-20(12-16)32-13-31-19/h2-5,10-12,14H,6-9,13H2,1H3,(H,24,25,28)/b21-11-. The highest BCUT2D eigenvalue weighted by Gasteiger charge is 2.26. The number of amidine groups is 1. The van der Waals surface area contributed by atoms with Crippen LogP contribution in [0, 0.1) is 16.0 Å². The van der Waals surface area contributed by atoms with Crippen LogP contribution in [-0.4, -0.2) is 35.9 Å². The van der Waals surface area contributed by atoms with Crippen LogP contribution in [0.15, 0.2) is 46.3 Å². The van der Waals surface area contributed by atoms with Crippen molar-refractivity contribution in [2.24, 2.45) is 10.9 Å². The van der Waals surface area contributed by atoms with E-state index in [1.165, 1.54) is 17.8 Å². The van der Waals surface area contributed by atoms with Crippen LogP contribution in [0.2, 0.25) is 0 Å². The summed E-state index contributed by atoms with van der Waals surface area (Å²) in [5.74, 6) is 1.61. The van der Waals surface area contributed by atoms with Crippen LogP contribution in [0.25, 0.3) is 6.08 Å². The van der Waals surface area contributed by atoms with Crippen LogP contribution in [0.3, 0.4) is 0 Å². The lowest BCUT2D eigenvalue weighted by Crippen LogP contribution is -2.33. The molecule has 33 heavy (non-hydrogen) atoms. The number of fused-ring (bicyclic) bond motifs is 1. The Hall–Kier alpha value is -3.53. The number of nitro benzene ring substituents is 1. The number of piperidine rings is 1. The monoisotopic (exact) mass is 466 g/mol. The van der Waals surface area contributed by atoms with E-state index in [1.54, 1.807) is 30.3 Å². The third kappa shape index (κ3) is 4.51. The third-order valence-corrected chi connectivity index (χ3v) is 6.77. The molecular formula is C23H22N4O5S. The minimum absolute atomic E-state index is 0.0524. The molecule has 0 spiro atoms. The maximum Gasteiger partial charge on any atom is 0.293 e. The van der Waals surface area contributed by atoms with Crippen molar-refractivity contribution < 1.29 is 19.2 Å². The Kier molecular flexibility index (Phi) is 5.67. The van der Waals surface area contributed by atoms with Gasteiger partial charge in [0.25, 0.3) is 11.6 Å². The fourth-order valence-electron chi connectivity index (χ4n) is 4.00. The Morgan fingerprint density at radius 2 is 1.97 bits per heavy atom. The summed E-state index contributed by atoms with van der Waals surface area (Å²) in [6.45, 7) is 3.99. The molecule has 2 aromatic carbocycles. The summed E-state index contributed by atoms with van der Waals surface area (Å²) < 4.78 is 10.7. The van der Waals surface area contributed by atoms with E-state index in [1.807, 2.05) is 6.07 Å². The first-order valence-corrected chi connectivity index (χ1v) is 11.5. The molecule has 3 aliphatic rings. The fraction of sp³-hybridized carbons (Fsp3) is 0.304. The Morgan fingerprint density at radius 1 is 1.18 bits per heavy atom. The molecule has 1 N–H and O–H groups in total. The smallest absolute Gasteiger partial charge is 0.293 e. The second kappa shape index (κ2) is 8.78. The number of nitrogens with one attached hydrogen (secondary N) is 1. The predicted octanol–water partition coefficient (Wildman–Crippen LogP) is 4.45. The average Bonchev–Trinajstić information content (AvgIpc) is 3.40. The van der Waals surface area contributed by atoms with Gasteiger partial charge in [0, 0.05) is 25.2 Å². The number of aliphatic imine (C=N–C) groups is 1. The SMILES string of the molecule is CC1CCN(c2ccc(/C=C3\SC(=Nc4ccc5c(c4)OCO5)NC3=O)cc2[N+](=O)[O-])CC1. The molecule has 0 atom stereocenters. The second-order valence-corrected chi connectivity index (χ2v) is 9.22. The van der Waals surface area contributed by atoms with Crippen LogP contribution < -0.4 is 19.7 Å². The first-order chi connectivity index (χ1) is 16.0. The van der Waals surface area contributed by atoms with E-state index in [0.717, 1.165) is 25.9 Å².